The lowest BCUT2D eigenvalue weighted by atomic mass is 9.95. The van der Waals surface area contributed by atoms with E-state index in [0.717, 1.165) is 41.3 Å². The number of carbonyl (C=O) groups excluding carboxylic acids is 2. The van der Waals surface area contributed by atoms with Crippen molar-refractivity contribution >= 4 is 44.1 Å². The molecule has 0 fully saturated rings. The van der Waals surface area contributed by atoms with E-state index in [9.17, 15) is 9.59 Å². The van der Waals surface area contributed by atoms with Gasteiger partial charge in [0.15, 0.2) is 0 Å². The smallest absolute Gasteiger partial charge is 0.251 e. The fourth-order valence-electron chi connectivity index (χ4n) is 3.27. The molecule has 1 aromatic carbocycles. The number of benzene rings is 1. The number of fused-ring (bicyclic) bond motifs is 1. The first kappa shape index (κ1) is 19.1. The van der Waals surface area contributed by atoms with Gasteiger partial charge in [0, 0.05) is 15.4 Å². The number of halogens is 1. The van der Waals surface area contributed by atoms with Crippen LogP contribution in [0.4, 0.5) is 5.00 Å². The molecule has 1 atom stereocenters. The van der Waals surface area contributed by atoms with Crippen molar-refractivity contribution in [2.45, 2.75) is 38.6 Å². The number of nitrogens with two attached hydrogens (primary N) is 1. The van der Waals surface area contributed by atoms with Gasteiger partial charge < -0.3 is 16.4 Å². The van der Waals surface area contributed by atoms with Crippen LogP contribution in [0.15, 0.2) is 28.7 Å². The van der Waals surface area contributed by atoms with E-state index < -0.39 is 5.91 Å². The van der Waals surface area contributed by atoms with E-state index in [0.29, 0.717) is 10.6 Å². The molecule has 26 heavy (non-hydrogen) atoms. The molecule has 0 radical (unpaired) electrons. The van der Waals surface area contributed by atoms with Gasteiger partial charge in [-0.25, -0.2) is 0 Å². The first-order valence-electron chi connectivity index (χ1n) is 8.69. The van der Waals surface area contributed by atoms with E-state index in [1.165, 1.54) is 16.2 Å². The molecule has 1 aliphatic rings. The number of hydrogen-bond donors (Lipinski definition) is 3. The van der Waals surface area contributed by atoms with Crippen LogP contribution in [0.2, 0.25) is 0 Å². The lowest BCUT2D eigenvalue weighted by Crippen LogP contribution is -2.30. The lowest BCUT2D eigenvalue weighted by molar-refractivity contribution is -0.115. The first-order chi connectivity index (χ1) is 12.5. The Morgan fingerprint density at radius 3 is 2.73 bits per heavy atom. The summed E-state index contributed by atoms with van der Waals surface area (Å²) in [4.78, 5) is 25.4. The van der Waals surface area contributed by atoms with Crippen molar-refractivity contribution in [3.63, 3.8) is 0 Å². The Labute approximate surface area is 165 Å². The molecule has 0 spiro atoms. The minimum atomic E-state index is -0.464. The predicted octanol–water partition coefficient (Wildman–Crippen LogP) is 3.78. The third-order valence-corrected chi connectivity index (χ3v) is 6.54. The van der Waals surface area contributed by atoms with Gasteiger partial charge in [0.1, 0.15) is 5.00 Å². The van der Waals surface area contributed by atoms with Crippen molar-refractivity contribution in [2.75, 3.05) is 11.9 Å². The van der Waals surface area contributed by atoms with E-state index in [-0.39, 0.29) is 18.5 Å². The Kier molecular flexibility index (Phi) is 6.11. The van der Waals surface area contributed by atoms with Gasteiger partial charge in [-0.2, -0.15) is 0 Å². The number of amides is 2. The Bertz CT molecular complexity index is 834. The third kappa shape index (κ3) is 4.16. The van der Waals surface area contributed by atoms with E-state index in [2.05, 4.69) is 26.6 Å². The summed E-state index contributed by atoms with van der Waals surface area (Å²) in [6.45, 7) is 2.16. The molecule has 138 valence electrons. The molecule has 5 nitrogen and oxygen atoms in total. The van der Waals surface area contributed by atoms with E-state index in [1.807, 2.05) is 31.2 Å². The summed E-state index contributed by atoms with van der Waals surface area (Å²) in [5.74, 6) is -0.640. The Morgan fingerprint density at radius 2 is 2.00 bits per heavy atom. The van der Waals surface area contributed by atoms with Crippen LogP contribution in [0.5, 0.6) is 0 Å². The highest BCUT2D eigenvalue weighted by molar-refractivity contribution is 9.10. The maximum Gasteiger partial charge on any atom is 0.251 e. The average molecular weight is 436 g/mol. The van der Waals surface area contributed by atoms with Crippen LogP contribution in [0.3, 0.4) is 0 Å². The molecule has 2 amide bonds. The highest BCUT2D eigenvalue weighted by atomic mass is 79.9. The Hall–Kier alpha value is -1.70. The van der Waals surface area contributed by atoms with E-state index in [4.69, 9.17) is 5.73 Å². The Morgan fingerprint density at radius 1 is 1.27 bits per heavy atom. The van der Waals surface area contributed by atoms with Crippen LogP contribution in [-0.4, -0.2) is 18.4 Å². The number of rotatable bonds is 6. The normalized spacial score (nSPS) is 14.5. The first-order valence-corrected chi connectivity index (χ1v) is 10.3. The number of carbonyl (C=O) groups is 2. The topological polar surface area (TPSA) is 84.2 Å². The third-order valence-electron chi connectivity index (χ3n) is 4.61. The fourth-order valence-corrected chi connectivity index (χ4v) is 5.21. The quantitative estimate of drug-likeness (QED) is 0.645. The van der Waals surface area contributed by atoms with Gasteiger partial charge in [-0.1, -0.05) is 34.1 Å². The second-order valence-corrected chi connectivity index (χ2v) is 8.41. The Balaban J connectivity index is 1.66. The van der Waals surface area contributed by atoms with Crippen molar-refractivity contribution in [2.24, 2.45) is 5.73 Å². The van der Waals surface area contributed by atoms with Crippen LogP contribution >= 0.6 is 27.3 Å². The van der Waals surface area contributed by atoms with Gasteiger partial charge in [-0.05, 0) is 49.8 Å². The van der Waals surface area contributed by atoms with Gasteiger partial charge in [-0.3, -0.25) is 9.59 Å². The number of hydrogen-bond acceptors (Lipinski definition) is 4. The lowest BCUT2D eigenvalue weighted by Gasteiger charge is -2.15. The highest BCUT2D eigenvalue weighted by Gasteiger charge is 2.25. The number of nitrogens with one attached hydrogen (secondary N) is 2. The molecule has 0 saturated carbocycles. The van der Waals surface area contributed by atoms with Gasteiger partial charge in [0.25, 0.3) is 5.91 Å². The maximum absolute atomic E-state index is 12.4. The fraction of sp³-hybridized carbons (Fsp3) is 0.368. The zero-order valence-electron chi connectivity index (χ0n) is 14.6. The van der Waals surface area contributed by atoms with Gasteiger partial charge in [0.05, 0.1) is 12.1 Å². The molecule has 3 rings (SSSR count). The maximum atomic E-state index is 12.4. The summed E-state index contributed by atoms with van der Waals surface area (Å²) in [7, 11) is 0. The molecule has 4 N–H and O–H groups in total. The van der Waals surface area contributed by atoms with Gasteiger partial charge in [0.2, 0.25) is 5.91 Å². The minimum absolute atomic E-state index is 0.0171. The molecule has 1 heterocycles. The van der Waals surface area contributed by atoms with Crippen molar-refractivity contribution in [3.05, 3.63) is 50.3 Å². The number of aryl methyl sites for hydroxylation is 1. The summed E-state index contributed by atoms with van der Waals surface area (Å²) < 4.78 is 1.00. The molecule has 1 aromatic heterocycles. The van der Waals surface area contributed by atoms with Crippen molar-refractivity contribution in [1.82, 2.24) is 5.32 Å². The molecular formula is C19H22BrN3O2S. The molecule has 2 aromatic rings. The molecular weight excluding hydrogens is 414 g/mol. The molecule has 7 heteroatoms. The van der Waals surface area contributed by atoms with Crippen LogP contribution in [0, 0.1) is 0 Å². The molecule has 0 aliphatic heterocycles. The zero-order chi connectivity index (χ0) is 18.7. The molecule has 0 saturated heterocycles. The monoisotopic (exact) mass is 435 g/mol. The van der Waals surface area contributed by atoms with Crippen LogP contribution < -0.4 is 16.4 Å². The number of primary amides is 1. The van der Waals surface area contributed by atoms with E-state index >= 15 is 0 Å². The van der Waals surface area contributed by atoms with Gasteiger partial charge >= 0.3 is 0 Å². The molecule has 1 unspecified atom stereocenters. The summed E-state index contributed by atoms with van der Waals surface area (Å²) in [5, 5.41) is 6.68. The summed E-state index contributed by atoms with van der Waals surface area (Å²) in [6, 6.07) is 7.93. The van der Waals surface area contributed by atoms with E-state index in [1.54, 1.807) is 0 Å². The number of anilines is 1. The predicted molar refractivity (Wildman–Crippen MR) is 109 cm³/mol. The van der Waals surface area contributed by atoms with Crippen LogP contribution in [0.1, 0.15) is 52.2 Å². The summed E-state index contributed by atoms with van der Waals surface area (Å²) >= 11 is 5.01. The average Bonchev–Trinajstić information content (AvgIpc) is 2.98. The van der Waals surface area contributed by atoms with Crippen LogP contribution in [0.25, 0.3) is 0 Å². The second-order valence-electron chi connectivity index (χ2n) is 6.45. The second kappa shape index (κ2) is 8.33. The summed E-state index contributed by atoms with van der Waals surface area (Å²) in [5.41, 5.74) is 8.18. The van der Waals surface area contributed by atoms with Crippen molar-refractivity contribution < 1.29 is 9.59 Å². The zero-order valence-corrected chi connectivity index (χ0v) is 17.0. The minimum Gasteiger partial charge on any atom is -0.365 e. The molecule has 1 aliphatic carbocycles. The van der Waals surface area contributed by atoms with Crippen LogP contribution in [-0.2, 0) is 17.6 Å². The summed E-state index contributed by atoms with van der Waals surface area (Å²) in [6.07, 6.45) is 3.98. The SMILES string of the molecule is CC(NCC(=O)Nc1sc2c(c1C(N)=O)CCCC2)c1ccccc1Br. The molecule has 0 bridgehead atoms. The van der Waals surface area contributed by atoms with Gasteiger partial charge in [-0.15, -0.1) is 11.3 Å². The standard InChI is InChI=1S/C19H22BrN3O2S/c1-11(12-6-2-4-8-14(12)20)22-10-16(24)23-19-17(18(21)25)13-7-3-5-9-15(13)26-19/h2,4,6,8,11,22H,3,5,7,9-10H2,1H3,(H2,21,25)(H,23,24). The van der Waals surface area contributed by atoms with Crippen molar-refractivity contribution in [3.8, 4) is 0 Å². The number of thiophene rings is 1. The highest BCUT2D eigenvalue weighted by Crippen LogP contribution is 2.37. The van der Waals surface area contributed by atoms with Crippen molar-refractivity contribution in [1.29, 1.82) is 0 Å². The largest absolute Gasteiger partial charge is 0.365 e.